The van der Waals surface area contributed by atoms with Crippen molar-refractivity contribution >= 4 is 27.5 Å². The summed E-state index contributed by atoms with van der Waals surface area (Å²) in [6, 6.07) is 15.2. The number of anilines is 1. The lowest BCUT2D eigenvalue weighted by atomic mass is 9.83. The van der Waals surface area contributed by atoms with Crippen LogP contribution < -0.4 is 15.8 Å². The number of amides is 1. The smallest absolute Gasteiger partial charge is 0.248 e. The lowest BCUT2D eigenvalue weighted by Gasteiger charge is -2.37. The molecule has 0 fully saturated rings. The largest absolute Gasteiger partial charge is 0.493 e. The molecule has 108 valence electrons. The Bertz CT molecular complexity index is 689. The van der Waals surface area contributed by atoms with Gasteiger partial charge in [-0.2, -0.15) is 0 Å². The van der Waals surface area contributed by atoms with E-state index in [-0.39, 0.29) is 0 Å². The van der Waals surface area contributed by atoms with E-state index in [1.54, 1.807) is 0 Å². The number of benzene rings is 2. The van der Waals surface area contributed by atoms with Gasteiger partial charge in [0.05, 0.1) is 6.61 Å². The molecular formula is C16H15BrN2O2. The lowest BCUT2D eigenvalue weighted by Crippen LogP contribution is -2.50. The summed E-state index contributed by atoms with van der Waals surface area (Å²) in [6.07, 6.45) is 0.487. The zero-order valence-electron chi connectivity index (χ0n) is 11.3. The van der Waals surface area contributed by atoms with Gasteiger partial charge in [0, 0.05) is 22.1 Å². The van der Waals surface area contributed by atoms with Crippen molar-refractivity contribution in [2.24, 2.45) is 5.73 Å². The van der Waals surface area contributed by atoms with Crippen molar-refractivity contribution in [3.63, 3.8) is 0 Å². The summed E-state index contributed by atoms with van der Waals surface area (Å²) in [5, 5.41) is 3.32. The van der Waals surface area contributed by atoms with Gasteiger partial charge in [-0.1, -0.05) is 30.3 Å². The first-order valence-corrected chi connectivity index (χ1v) is 7.48. The molecule has 3 N–H and O–H groups in total. The Morgan fingerprint density at radius 1 is 1.19 bits per heavy atom. The molecule has 3 rings (SSSR count). The van der Waals surface area contributed by atoms with E-state index in [1.165, 1.54) is 0 Å². The van der Waals surface area contributed by atoms with Gasteiger partial charge in [-0.05, 0) is 34.1 Å². The Balaban J connectivity index is 2.11. The van der Waals surface area contributed by atoms with Gasteiger partial charge in [0.25, 0.3) is 0 Å². The fraction of sp³-hybridized carbons (Fsp3) is 0.188. The predicted molar refractivity (Wildman–Crippen MR) is 85.2 cm³/mol. The molecule has 21 heavy (non-hydrogen) atoms. The zero-order valence-corrected chi connectivity index (χ0v) is 12.9. The Labute approximate surface area is 131 Å². The minimum absolute atomic E-state index is 0.408. The molecule has 2 aromatic rings. The molecule has 1 heterocycles. The van der Waals surface area contributed by atoms with Crippen molar-refractivity contribution < 1.29 is 9.53 Å². The van der Waals surface area contributed by atoms with Gasteiger partial charge in [-0.3, -0.25) is 4.79 Å². The van der Waals surface area contributed by atoms with E-state index in [0.29, 0.717) is 18.8 Å². The fourth-order valence-electron chi connectivity index (χ4n) is 2.63. The Kier molecular flexibility index (Phi) is 3.59. The number of fused-ring (bicyclic) bond motifs is 1. The van der Waals surface area contributed by atoms with Crippen LogP contribution in [0.4, 0.5) is 5.69 Å². The molecule has 0 aliphatic carbocycles. The number of carbonyl (C=O) groups excluding carboxylic acids is 1. The first kappa shape index (κ1) is 13.9. The zero-order chi connectivity index (χ0) is 14.9. The van der Waals surface area contributed by atoms with Crippen molar-refractivity contribution in [1.82, 2.24) is 0 Å². The summed E-state index contributed by atoms with van der Waals surface area (Å²) >= 11 is 3.49. The second-order valence-corrected chi connectivity index (χ2v) is 5.82. The second-order valence-electron chi connectivity index (χ2n) is 4.97. The number of nitrogens with one attached hydrogen (secondary N) is 1. The molecule has 1 aliphatic rings. The molecule has 4 nitrogen and oxygen atoms in total. The van der Waals surface area contributed by atoms with Crippen LogP contribution in [0.5, 0.6) is 5.75 Å². The van der Waals surface area contributed by atoms with Crippen LogP contribution >= 0.6 is 15.9 Å². The van der Waals surface area contributed by atoms with E-state index in [2.05, 4.69) is 21.2 Å². The average Bonchev–Trinajstić information content (AvgIpc) is 2.49. The average molecular weight is 347 g/mol. The molecule has 1 amide bonds. The van der Waals surface area contributed by atoms with E-state index >= 15 is 0 Å². The number of para-hydroxylation sites is 2. The van der Waals surface area contributed by atoms with Gasteiger partial charge in [-0.15, -0.1) is 0 Å². The number of nitrogens with two attached hydrogens (primary N) is 1. The summed E-state index contributed by atoms with van der Waals surface area (Å²) in [5.41, 5.74) is 6.39. The number of hydrogen-bond acceptors (Lipinski definition) is 3. The lowest BCUT2D eigenvalue weighted by molar-refractivity contribution is -0.123. The normalized spacial score (nSPS) is 20.2. The summed E-state index contributed by atoms with van der Waals surface area (Å²) < 4.78 is 6.52. The SMILES string of the molecule is NC(=O)C1(Nc2ccccc2Br)CCOc2ccccc21. The van der Waals surface area contributed by atoms with E-state index in [4.69, 9.17) is 10.5 Å². The Morgan fingerprint density at radius 2 is 1.90 bits per heavy atom. The third kappa shape index (κ3) is 2.38. The fourth-order valence-corrected chi connectivity index (χ4v) is 3.02. The molecule has 0 bridgehead atoms. The molecule has 1 aliphatic heterocycles. The predicted octanol–water partition coefficient (Wildman–Crippen LogP) is 3.02. The summed E-state index contributed by atoms with van der Waals surface area (Å²) in [7, 11) is 0. The van der Waals surface area contributed by atoms with E-state index in [9.17, 15) is 4.79 Å². The van der Waals surface area contributed by atoms with Crippen molar-refractivity contribution in [1.29, 1.82) is 0 Å². The minimum Gasteiger partial charge on any atom is -0.493 e. The Morgan fingerprint density at radius 3 is 2.67 bits per heavy atom. The van der Waals surface area contributed by atoms with Gasteiger partial charge in [0.1, 0.15) is 11.3 Å². The van der Waals surface area contributed by atoms with Gasteiger partial charge in [0.2, 0.25) is 5.91 Å². The highest BCUT2D eigenvalue weighted by Gasteiger charge is 2.43. The summed E-state index contributed by atoms with van der Waals surface area (Å²) in [4.78, 5) is 12.2. The van der Waals surface area contributed by atoms with Gasteiger partial charge in [0.15, 0.2) is 0 Å². The molecule has 0 spiro atoms. The van der Waals surface area contributed by atoms with Gasteiger partial charge >= 0.3 is 0 Å². The maximum atomic E-state index is 12.2. The molecule has 0 saturated carbocycles. The third-order valence-corrected chi connectivity index (χ3v) is 4.42. The molecule has 1 atom stereocenters. The first-order chi connectivity index (χ1) is 10.1. The first-order valence-electron chi connectivity index (χ1n) is 6.68. The highest BCUT2D eigenvalue weighted by molar-refractivity contribution is 9.10. The van der Waals surface area contributed by atoms with Crippen LogP contribution in [0.2, 0.25) is 0 Å². The number of carbonyl (C=O) groups is 1. The number of halogens is 1. The van der Waals surface area contributed by atoms with Gasteiger partial charge in [-0.25, -0.2) is 0 Å². The van der Waals surface area contributed by atoms with Crippen LogP contribution in [0.15, 0.2) is 53.0 Å². The van der Waals surface area contributed by atoms with Crippen LogP contribution in [0.3, 0.4) is 0 Å². The van der Waals surface area contributed by atoms with Crippen LogP contribution in [-0.2, 0) is 10.3 Å². The van der Waals surface area contributed by atoms with Crippen molar-refractivity contribution in [2.45, 2.75) is 12.0 Å². The summed E-state index contributed by atoms with van der Waals surface area (Å²) in [6.45, 7) is 0.442. The number of ether oxygens (including phenoxy) is 1. The third-order valence-electron chi connectivity index (χ3n) is 3.72. The van der Waals surface area contributed by atoms with E-state index < -0.39 is 11.4 Å². The molecule has 0 radical (unpaired) electrons. The molecule has 2 aromatic carbocycles. The Hall–Kier alpha value is -2.01. The topological polar surface area (TPSA) is 64.4 Å². The minimum atomic E-state index is -0.960. The molecular weight excluding hydrogens is 332 g/mol. The van der Waals surface area contributed by atoms with Crippen molar-refractivity contribution in [2.75, 3.05) is 11.9 Å². The molecule has 0 aromatic heterocycles. The molecule has 1 unspecified atom stereocenters. The molecule has 0 saturated heterocycles. The monoisotopic (exact) mass is 346 g/mol. The number of rotatable bonds is 3. The van der Waals surface area contributed by atoms with Crippen LogP contribution in [0.1, 0.15) is 12.0 Å². The van der Waals surface area contributed by atoms with Crippen molar-refractivity contribution in [3.05, 3.63) is 58.6 Å². The highest BCUT2D eigenvalue weighted by atomic mass is 79.9. The van der Waals surface area contributed by atoms with Crippen LogP contribution in [0.25, 0.3) is 0 Å². The maximum Gasteiger partial charge on any atom is 0.248 e. The number of primary amides is 1. The van der Waals surface area contributed by atoms with Crippen LogP contribution in [-0.4, -0.2) is 12.5 Å². The van der Waals surface area contributed by atoms with E-state index in [0.717, 1.165) is 15.7 Å². The standard InChI is InChI=1S/C16H15BrN2O2/c17-12-6-2-3-7-13(12)19-16(15(18)20)9-10-21-14-8-4-1-5-11(14)16/h1-8,19H,9-10H2,(H2,18,20). The summed E-state index contributed by atoms with van der Waals surface area (Å²) in [5.74, 6) is 0.288. The number of hydrogen-bond donors (Lipinski definition) is 2. The van der Waals surface area contributed by atoms with Crippen LogP contribution in [0, 0.1) is 0 Å². The molecule has 5 heteroatoms. The second kappa shape index (κ2) is 5.41. The highest BCUT2D eigenvalue weighted by Crippen LogP contribution is 2.40. The quantitative estimate of drug-likeness (QED) is 0.897. The van der Waals surface area contributed by atoms with Gasteiger partial charge < -0.3 is 15.8 Å². The van der Waals surface area contributed by atoms with Crippen molar-refractivity contribution in [3.8, 4) is 5.75 Å². The maximum absolute atomic E-state index is 12.2. The van der Waals surface area contributed by atoms with E-state index in [1.807, 2.05) is 48.5 Å².